The molecule has 2 N–H and O–H groups in total. The van der Waals surface area contributed by atoms with E-state index in [9.17, 15) is 0 Å². The van der Waals surface area contributed by atoms with Crippen LogP contribution in [0.25, 0.3) is 0 Å². The fourth-order valence-electron chi connectivity index (χ4n) is 9.42. The van der Waals surface area contributed by atoms with Crippen LogP contribution in [-0.2, 0) is 9.47 Å². The minimum absolute atomic E-state index is 0.0281. The van der Waals surface area contributed by atoms with Crippen LogP contribution in [0.5, 0.6) is 0 Å². The van der Waals surface area contributed by atoms with Crippen LogP contribution < -0.4 is 5.73 Å². The van der Waals surface area contributed by atoms with Gasteiger partial charge < -0.3 is 15.2 Å². The quantitative estimate of drug-likeness (QED) is 0.320. The Balaban J connectivity index is 1.33. The zero-order valence-electron chi connectivity index (χ0n) is 22.5. The molecule has 3 heteroatoms. The van der Waals surface area contributed by atoms with Crippen molar-refractivity contribution in [3.63, 3.8) is 0 Å². The van der Waals surface area contributed by atoms with Crippen LogP contribution in [0, 0.1) is 28.6 Å². The van der Waals surface area contributed by atoms with Crippen LogP contribution in [0.1, 0.15) is 118 Å². The second kappa shape index (κ2) is 9.67. The van der Waals surface area contributed by atoms with Gasteiger partial charge in [-0.05, 0) is 113 Å². The largest absolute Gasteiger partial charge is 0.353 e. The average molecular weight is 470 g/mol. The van der Waals surface area contributed by atoms with Gasteiger partial charge in [0.15, 0.2) is 6.29 Å². The summed E-state index contributed by atoms with van der Waals surface area (Å²) in [4.78, 5) is 0. The van der Waals surface area contributed by atoms with Crippen LogP contribution in [0.15, 0.2) is 23.3 Å². The van der Waals surface area contributed by atoms with Crippen LogP contribution >= 0.6 is 0 Å². The number of hydrogen-bond donors (Lipinski definition) is 1. The number of nitrogens with two attached hydrogens (primary N) is 1. The molecule has 5 unspecified atom stereocenters. The van der Waals surface area contributed by atoms with Crippen LogP contribution in [-0.4, -0.2) is 24.5 Å². The number of rotatable bonds is 6. The molecule has 5 aliphatic rings. The molecule has 5 rings (SSSR count). The number of fused-ring (bicyclic) bond motifs is 5. The smallest absolute Gasteiger partial charge is 0.157 e. The highest BCUT2D eigenvalue weighted by Crippen LogP contribution is 2.67. The second-order valence-electron chi connectivity index (χ2n) is 13.1. The minimum Gasteiger partial charge on any atom is -0.353 e. The first-order valence-corrected chi connectivity index (χ1v) is 14.7. The lowest BCUT2D eigenvalue weighted by Crippen LogP contribution is -2.66. The highest BCUT2D eigenvalue weighted by molar-refractivity contribution is 5.31. The fourth-order valence-corrected chi connectivity index (χ4v) is 9.42. The lowest BCUT2D eigenvalue weighted by molar-refractivity contribution is -0.195. The maximum Gasteiger partial charge on any atom is 0.157 e. The van der Waals surface area contributed by atoms with Gasteiger partial charge in [-0.3, -0.25) is 0 Å². The van der Waals surface area contributed by atoms with Crippen LogP contribution in [0.4, 0.5) is 0 Å². The monoisotopic (exact) mass is 469 g/mol. The van der Waals surface area contributed by atoms with Gasteiger partial charge in [-0.2, -0.15) is 0 Å². The zero-order chi connectivity index (χ0) is 24.0. The third kappa shape index (κ3) is 4.16. The Morgan fingerprint density at radius 3 is 2.74 bits per heavy atom. The Bertz CT molecular complexity index is 797. The number of ether oxygens (including phenoxy) is 2. The second-order valence-corrected chi connectivity index (χ2v) is 13.1. The molecule has 0 aromatic carbocycles. The molecule has 4 fully saturated rings. The zero-order valence-corrected chi connectivity index (χ0v) is 22.5. The SMILES string of the molecule is CCCC/C=C(\C)C1CCC2[C@]1(C)CCC1[C@@]2(N)CC=C2CC(OC3CCCCO3)CC[C@@]21C. The molecule has 0 aromatic rings. The first kappa shape index (κ1) is 25.0. The lowest BCUT2D eigenvalue weighted by atomic mass is 9.44. The van der Waals surface area contributed by atoms with E-state index in [1.54, 1.807) is 11.1 Å². The van der Waals surface area contributed by atoms with Crippen molar-refractivity contribution >= 4 is 0 Å². The predicted octanol–water partition coefficient (Wildman–Crippen LogP) is 7.70. The standard InChI is InChI=1S/C31H51NO2/c1-5-6-7-10-22(2)25-12-13-26-30(25,4)18-16-27-29(3)17-15-24(34-28-11-8-9-20-33-28)21-23(29)14-19-31(26,27)32/h10,14,24-28H,5-9,11-13,15-21,32H2,1-4H3/b22-10+/t24?,25?,26?,27?,28?,29-,30+,31+/m0/s1. The van der Waals surface area contributed by atoms with Crippen LogP contribution in [0.2, 0.25) is 0 Å². The van der Waals surface area contributed by atoms with E-state index in [4.69, 9.17) is 15.2 Å². The maximum atomic E-state index is 7.58. The summed E-state index contributed by atoms with van der Waals surface area (Å²) in [5, 5.41) is 0. The van der Waals surface area contributed by atoms with Crippen LogP contribution in [0.3, 0.4) is 0 Å². The molecule has 0 bridgehead atoms. The molecule has 3 nitrogen and oxygen atoms in total. The fraction of sp³-hybridized carbons (Fsp3) is 0.871. The molecule has 34 heavy (non-hydrogen) atoms. The molecule has 0 amide bonds. The van der Waals surface area contributed by atoms with E-state index in [1.165, 1.54) is 64.2 Å². The van der Waals surface area contributed by atoms with Gasteiger partial charge in [0.25, 0.3) is 0 Å². The predicted molar refractivity (Wildman–Crippen MR) is 140 cm³/mol. The summed E-state index contributed by atoms with van der Waals surface area (Å²) in [5.41, 5.74) is 11.5. The van der Waals surface area contributed by atoms with E-state index in [1.807, 2.05) is 0 Å². The Hall–Kier alpha value is -0.640. The Kier molecular flexibility index (Phi) is 7.12. The first-order chi connectivity index (χ1) is 16.3. The highest BCUT2D eigenvalue weighted by atomic mass is 16.7. The van der Waals surface area contributed by atoms with E-state index in [2.05, 4.69) is 39.8 Å². The van der Waals surface area contributed by atoms with Crippen molar-refractivity contribution in [2.75, 3.05) is 6.61 Å². The molecule has 1 saturated heterocycles. The molecule has 4 aliphatic carbocycles. The Labute approximate surface area is 209 Å². The summed E-state index contributed by atoms with van der Waals surface area (Å²) >= 11 is 0. The van der Waals surface area contributed by atoms with E-state index in [-0.39, 0.29) is 17.2 Å². The van der Waals surface area contributed by atoms with Gasteiger partial charge in [0.2, 0.25) is 0 Å². The van der Waals surface area contributed by atoms with Crippen molar-refractivity contribution in [3.8, 4) is 0 Å². The summed E-state index contributed by atoms with van der Waals surface area (Å²) < 4.78 is 12.3. The van der Waals surface area contributed by atoms with Gasteiger partial charge in [-0.15, -0.1) is 0 Å². The normalized spacial score (nSPS) is 46.9. The van der Waals surface area contributed by atoms with Crippen molar-refractivity contribution in [1.29, 1.82) is 0 Å². The average Bonchev–Trinajstić information content (AvgIpc) is 3.18. The Morgan fingerprint density at radius 2 is 1.97 bits per heavy atom. The lowest BCUT2D eigenvalue weighted by Gasteiger charge is -2.63. The number of hydrogen-bond acceptors (Lipinski definition) is 3. The van der Waals surface area contributed by atoms with Crippen molar-refractivity contribution in [1.82, 2.24) is 0 Å². The van der Waals surface area contributed by atoms with Gasteiger partial charge >= 0.3 is 0 Å². The van der Waals surface area contributed by atoms with E-state index < -0.39 is 0 Å². The van der Waals surface area contributed by atoms with Crippen molar-refractivity contribution < 1.29 is 9.47 Å². The highest BCUT2D eigenvalue weighted by Gasteiger charge is 2.64. The summed E-state index contributed by atoms with van der Waals surface area (Å²) in [6, 6.07) is 0. The van der Waals surface area contributed by atoms with E-state index in [0.29, 0.717) is 23.4 Å². The van der Waals surface area contributed by atoms with Gasteiger partial charge in [0.05, 0.1) is 6.10 Å². The molecule has 0 aromatic heterocycles. The molecule has 1 heterocycles. The summed E-state index contributed by atoms with van der Waals surface area (Å²) in [5.74, 6) is 2.00. The van der Waals surface area contributed by atoms with Gasteiger partial charge in [0, 0.05) is 12.1 Å². The molecule has 0 radical (unpaired) electrons. The number of unbranched alkanes of at least 4 members (excludes halogenated alkanes) is 2. The third-order valence-corrected chi connectivity index (χ3v) is 11.3. The molecular formula is C31H51NO2. The molecule has 192 valence electrons. The van der Waals surface area contributed by atoms with Gasteiger partial charge in [-0.1, -0.05) is 56.9 Å². The van der Waals surface area contributed by atoms with Crippen molar-refractivity contribution in [3.05, 3.63) is 23.3 Å². The molecular weight excluding hydrogens is 418 g/mol. The molecule has 8 atom stereocenters. The third-order valence-electron chi connectivity index (χ3n) is 11.3. The minimum atomic E-state index is -0.0378. The summed E-state index contributed by atoms with van der Waals surface area (Å²) in [7, 11) is 0. The topological polar surface area (TPSA) is 44.5 Å². The maximum absolute atomic E-state index is 7.58. The summed E-state index contributed by atoms with van der Waals surface area (Å²) in [6.07, 6.45) is 22.7. The molecule has 1 aliphatic heterocycles. The summed E-state index contributed by atoms with van der Waals surface area (Å²) in [6.45, 7) is 10.7. The van der Waals surface area contributed by atoms with E-state index >= 15 is 0 Å². The van der Waals surface area contributed by atoms with Crippen molar-refractivity contribution in [2.24, 2.45) is 34.3 Å². The van der Waals surface area contributed by atoms with E-state index in [0.717, 1.165) is 38.2 Å². The number of allylic oxidation sites excluding steroid dienone is 2. The first-order valence-electron chi connectivity index (χ1n) is 14.7. The molecule has 0 spiro atoms. The van der Waals surface area contributed by atoms with Gasteiger partial charge in [-0.25, -0.2) is 0 Å². The van der Waals surface area contributed by atoms with Crippen molar-refractivity contribution in [2.45, 2.75) is 136 Å². The Morgan fingerprint density at radius 1 is 1.12 bits per heavy atom. The van der Waals surface area contributed by atoms with Gasteiger partial charge in [0.1, 0.15) is 0 Å². The molecule has 3 saturated carbocycles.